The summed E-state index contributed by atoms with van der Waals surface area (Å²) in [5.74, 6) is 0. The molecule has 0 unspecified atom stereocenters. The zero-order valence-corrected chi connectivity index (χ0v) is 14.0. The van der Waals surface area contributed by atoms with Crippen molar-refractivity contribution in [3.05, 3.63) is 0 Å². The lowest BCUT2D eigenvalue weighted by Crippen LogP contribution is -2.28. The van der Waals surface area contributed by atoms with Gasteiger partial charge in [0.05, 0.1) is 0 Å². The third-order valence-electron chi connectivity index (χ3n) is 0.672. The van der Waals surface area contributed by atoms with Gasteiger partial charge in [0.25, 0.3) is 0 Å². The number of ether oxygens (including phenoxy) is 1. The molecule has 0 saturated heterocycles. The highest BCUT2D eigenvalue weighted by molar-refractivity contribution is 9.45. The molecule has 1 amide bonds. The van der Waals surface area contributed by atoms with E-state index in [1.54, 1.807) is 29.5 Å². The Morgan fingerprint density at radius 2 is 1.80 bits per heavy atom. The molecule has 0 aromatic rings. The van der Waals surface area contributed by atoms with E-state index >= 15 is 0 Å². The number of thiol groups is 1. The normalized spacial score (nSPS) is 11.2. The number of rotatable bonds is 6. The van der Waals surface area contributed by atoms with Crippen LogP contribution >= 0.6 is 71.8 Å². The topological polar surface area (TPSA) is 38.3 Å². The Morgan fingerprint density at radius 3 is 2.33 bits per heavy atom. The summed E-state index contributed by atoms with van der Waals surface area (Å²) < 4.78 is 7.61. The minimum atomic E-state index is -0.449. The molecule has 0 aromatic heterocycles. The van der Waals surface area contributed by atoms with Crippen molar-refractivity contribution < 1.29 is 9.53 Å². The van der Waals surface area contributed by atoms with Crippen molar-refractivity contribution in [3.8, 4) is 0 Å². The van der Waals surface area contributed by atoms with Gasteiger partial charge in [-0.25, -0.2) is 4.79 Å². The molecule has 1 N–H and O–H groups in total. The van der Waals surface area contributed by atoms with Crippen LogP contribution in [-0.4, -0.2) is 11.7 Å². The standard InChI is InChI=1S/C5H11NO2S7/c1-5(2,3)8-4(7)6-10-12-14-15-13-11-9/h9H,1-3H3,(H,6,7). The fraction of sp³-hybridized carbons (Fsp3) is 0.800. The Kier molecular flexibility index (Phi) is 10.8. The highest BCUT2D eigenvalue weighted by atomic mass is 33.9. The third kappa shape index (κ3) is 13.7. The zero-order chi connectivity index (χ0) is 11.7. The zero-order valence-electron chi connectivity index (χ0n) is 8.21. The lowest BCUT2D eigenvalue weighted by molar-refractivity contribution is 0.0575. The molecular formula is C5H11NO2S7. The molecule has 0 rings (SSSR count). The molecule has 0 atom stereocenters. The maximum atomic E-state index is 11.1. The Labute approximate surface area is 117 Å². The number of hydrogen-bond donors (Lipinski definition) is 2. The Bertz CT molecular complexity index is 185. The van der Waals surface area contributed by atoms with E-state index in [1.165, 1.54) is 30.6 Å². The van der Waals surface area contributed by atoms with Crippen molar-refractivity contribution in [1.29, 1.82) is 0 Å². The molecule has 0 radical (unpaired) electrons. The summed E-state index contributed by atoms with van der Waals surface area (Å²) in [6.07, 6.45) is -0.415. The van der Waals surface area contributed by atoms with Gasteiger partial charge < -0.3 is 4.74 Å². The highest BCUT2D eigenvalue weighted by Crippen LogP contribution is 2.52. The van der Waals surface area contributed by atoms with Crippen molar-refractivity contribution in [2.45, 2.75) is 26.4 Å². The van der Waals surface area contributed by atoms with Gasteiger partial charge in [-0.2, -0.15) is 0 Å². The molecule has 0 heterocycles. The highest BCUT2D eigenvalue weighted by Gasteiger charge is 2.15. The van der Waals surface area contributed by atoms with Gasteiger partial charge in [0.15, 0.2) is 0 Å². The molecule has 0 fully saturated rings. The minimum absolute atomic E-state index is 0.415. The van der Waals surface area contributed by atoms with E-state index < -0.39 is 11.7 Å². The number of carbonyl (C=O) groups excluding carboxylic acids is 1. The van der Waals surface area contributed by atoms with E-state index in [9.17, 15) is 4.79 Å². The molecule has 3 nitrogen and oxygen atoms in total. The van der Waals surface area contributed by atoms with Crippen LogP contribution in [0.25, 0.3) is 0 Å². The van der Waals surface area contributed by atoms with Crippen LogP contribution in [0, 0.1) is 0 Å². The average Bonchev–Trinajstić information content (AvgIpc) is 2.08. The van der Waals surface area contributed by atoms with E-state index in [4.69, 9.17) is 4.74 Å². The van der Waals surface area contributed by atoms with Crippen molar-refractivity contribution in [1.82, 2.24) is 4.72 Å². The van der Waals surface area contributed by atoms with Crippen LogP contribution in [0.1, 0.15) is 20.8 Å². The lowest BCUT2D eigenvalue weighted by Gasteiger charge is -2.18. The quantitative estimate of drug-likeness (QED) is 0.294. The van der Waals surface area contributed by atoms with Crippen LogP contribution in [0.2, 0.25) is 0 Å². The first-order chi connectivity index (χ1) is 6.95. The van der Waals surface area contributed by atoms with Crippen LogP contribution in [0.3, 0.4) is 0 Å². The first-order valence-corrected chi connectivity index (χ1v) is 12.1. The Morgan fingerprint density at radius 1 is 1.20 bits per heavy atom. The van der Waals surface area contributed by atoms with Crippen LogP contribution in [-0.2, 0) is 4.74 Å². The molecule has 0 spiro atoms. The molecule has 0 saturated carbocycles. The van der Waals surface area contributed by atoms with Crippen LogP contribution < -0.4 is 4.72 Å². The van der Waals surface area contributed by atoms with Gasteiger partial charge in [-0.1, -0.05) is 11.7 Å². The SMILES string of the molecule is CC(C)(C)OC(=O)NSSSSSSS. The van der Waals surface area contributed by atoms with Crippen LogP contribution in [0.5, 0.6) is 0 Å². The van der Waals surface area contributed by atoms with Gasteiger partial charge in [0, 0.05) is 30.6 Å². The van der Waals surface area contributed by atoms with E-state index in [-0.39, 0.29) is 0 Å². The van der Waals surface area contributed by atoms with Gasteiger partial charge in [0.2, 0.25) is 0 Å². The van der Waals surface area contributed by atoms with Crippen molar-refractivity contribution in [2.75, 3.05) is 0 Å². The molecule has 90 valence electrons. The second kappa shape index (κ2) is 9.72. The Balaban J connectivity index is 3.32. The molecule has 0 aliphatic carbocycles. The maximum Gasteiger partial charge on any atom is 0.418 e. The monoisotopic (exact) mass is 341 g/mol. The van der Waals surface area contributed by atoms with Crippen molar-refractivity contribution >= 4 is 77.9 Å². The van der Waals surface area contributed by atoms with Gasteiger partial charge >= 0.3 is 6.09 Å². The summed E-state index contributed by atoms with van der Waals surface area (Å²) in [6, 6.07) is 0. The smallest absolute Gasteiger partial charge is 0.418 e. The predicted molar refractivity (Wildman–Crippen MR) is 83.9 cm³/mol. The summed E-state index contributed by atoms with van der Waals surface area (Å²) in [5, 5.41) is 0. The van der Waals surface area contributed by atoms with Gasteiger partial charge in [-0.15, -0.1) is 0 Å². The van der Waals surface area contributed by atoms with E-state index in [2.05, 4.69) is 16.4 Å². The molecule has 0 bridgehead atoms. The first-order valence-electron chi connectivity index (χ1n) is 3.58. The molecule has 0 aliphatic heterocycles. The number of carbonyl (C=O) groups is 1. The van der Waals surface area contributed by atoms with Crippen molar-refractivity contribution in [2.24, 2.45) is 0 Å². The summed E-state index contributed by atoms with van der Waals surface area (Å²) in [6.45, 7) is 5.49. The molecule has 15 heavy (non-hydrogen) atoms. The van der Waals surface area contributed by atoms with E-state index in [1.807, 2.05) is 20.8 Å². The minimum Gasteiger partial charge on any atom is -0.443 e. The fourth-order valence-electron chi connectivity index (χ4n) is 0.399. The molecule has 0 aromatic carbocycles. The summed E-state index contributed by atoms with van der Waals surface area (Å²) in [4.78, 5) is 11.1. The summed E-state index contributed by atoms with van der Waals surface area (Å²) >= 11 is 3.96. The number of amides is 1. The van der Waals surface area contributed by atoms with Gasteiger partial charge in [-0.3, -0.25) is 4.72 Å². The van der Waals surface area contributed by atoms with Gasteiger partial charge in [0.1, 0.15) is 5.60 Å². The number of hydrogen-bond acceptors (Lipinski definition) is 9. The third-order valence-corrected chi connectivity index (χ3v) is 11.2. The van der Waals surface area contributed by atoms with Gasteiger partial charge in [-0.05, 0) is 50.2 Å². The second-order valence-corrected chi connectivity index (χ2v) is 12.9. The predicted octanol–water partition coefficient (Wildman–Crippen LogP) is 5.25. The van der Waals surface area contributed by atoms with E-state index in [0.29, 0.717) is 0 Å². The van der Waals surface area contributed by atoms with Crippen LogP contribution in [0.4, 0.5) is 4.79 Å². The van der Waals surface area contributed by atoms with Crippen molar-refractivity contribution in [3.63, 3.8) is 0 Å². The Hall–Kier alpha value is 1.72. The van der Waals surface area contributed by atoms with Crippen LogP contribution in [0.15, 0.2) is 0 Å². The first kappa shape index (κ1) is 16.7. The molecular weight excluding hydrogens is 331 g/mol. The molecule has 10 heteroatoms. The largest absolute Gasteiger partial charge is 0.443 e. The summed E-state index contributed by atoms with van der Waals surface area (Å²) in [5.41, 5.74) is -0.449. The maximum absolute atomic E-state index is 11.1. The average molecular weight is 342 g/mol. The lowest BCUT2D eigenvalue weighted by atomic mass is 10.2. The number of nitrogens with one attached hydrogen (secondary N) is 1. The second-order valence-electron chi connectivity index (χ2n) is 3.03. The molecule has 0 aliphatic rings. The fourth-order valence-corrected chi connectivity index (χ4v) is 10.8. The summed E-state index contributed by atoms with van der Waals surface area (Å²) in [7, 11) is 8.80. The van der Waals surface area contributed by atoms with E-state index in [0.717, 1.165) is 0 Å².